The van der Waals surface area contributed by atoms with Crippen LogP contribution in [0.2, 0.25) is 15.1 Å². The molecule has 2 N–H and O–H groups in total. The number of halogens is 3. The maximum atomic E-state index is 12.1. The number of hydrogen-bond acceptors (Lipinski definition) is 3. The SMILES string of the molecule is C=CCOc1ccccc1NCC(=O)Nc1cc(Cl)c(Cl)cc1Cl. The molecule has 0 unspecified atom stereocenters. The maximum Gasteiger partial charge on any atom is 0.243 e. The number of carbonyl (C=O) groups is 1. The zero-order valence-electron chi connectivity index (χ0n) is 12.6. The minimum absolute atomic E-state index is 0.0328. The van der Waals surface area contributed by atoms with Crippen molar-refractivity contribution in [1.29, 1.82) is 0 Å². The van der Waals surface area contributed by atoms with Crippen molar-refractivity contribution in [2.24, 2.45) is 0 Å². The summed E-state index contributed by atoms with van der Waals surface area (Å²) in [6.45, 7) is 4.02. The molecule has 0 aliphatic rings. The molecular weight excluding hydrogens is 371 g/mol. The van der Waals surface area contributed by atoms with Crippen LogP contribution in [-0.2, 0) is 4.79 Å². The van der Waals surface area contributed by atoms with E-state index in [1.165, 1.54) is 12.1 Å². The molecule has 0 aromatic heterocycles. The third-order valence-electron chi connectivity index (χ3n) is 2.97. The van der Waals surface area contributed by atoms with E-state index in [9.17, 15) is 4.79 Å². The molecule has 0 saturated heterocycles. The largest absolute Gasteiger partial charge is 0.487 e. The standard InChI is InChI=1S/C17H15Cl3N2O2/c1-2-7-24-16-6-4-3-5-14(16)21-10-17(23)22-15-9-12(19)11(18)8-13(15)20/h2-6,8-9,21H,1,7,10H2,(H,22,23). The zero-order valence-corrected chi connectivity index (χ0v) is 14.9. The molecule has 2 rings (SSSR count). The monoisotopic (exact) mass is 384 g/mol. The average Bonchev–Trinajstić information content (AvgIpc) is 2.56. The Hall–Kier alpha value is -1.88. The van der Waals surface area contributed by atoms with Gasteiger partial charge in [-0.25, -0.2) is 0 Å². The number of amides is 1. The van der Waals surface area contributed by atoms with E-state index in [4.69, 9.17) is 39.5 Å². The first-order valence-corrected chi connectivity index (χ1v) is 8.15. The second kappa shape index (κ2) is 8.83. The molecule has 0 heterocycles. The summed E-state index contributed by atoms with van der Waals surface area (Å²) in [4.78, 5) is 12.1. The van der Waals surface area contributed by atoms with Crippen molar-refractivity contribution in [3.63, 3.8) is 0 Å². The van der Waals surface area contributed by atoms with Crippen molar-refractivity contribution >= 4 is 52.1 Å². The van der Waals surface area contributed by atoms with E-state index in [0.717, 1.165) is 0 Å². The average molecular weight is 386 g/mol. The van der Waals surface area contributed by atoms with Crippen LogP contribution in [0.1, 0.15) is 0 Å². The second-order valence-electron chi connectivity index (χ2n) is 4.74. The predicted octanol–water partition coefficient (Wildman–Crippen LogP) is 5.26. The molecule has 126 valence electrons. The highest BCUT2D eigenvalue weighted by molar-refractivity contribution is 6.44. The van der Waals surface area contributed by atoms with Gasteiger partial charge in [-0.05, 0) is 24.3 Å². The number of ether oxygens (including phenoxy) is 1. The Kier molecular flexibility index (Phi) is 6.79. The summed E-state index contributed by atoms with van der Waals surface area (Å²) in [5.41, 5.74) is 1.10. The molecule has 1 amide bonds. The number of rotatable bonds is 7. The van der Waals surface area contributed by atoms with Gasteiger partial charge in [-0.2, -0.15) is 0 Å². The van der Waals surface area contributed by atoms with Crippen molar-refractivity contribution in [2.45, 2.75) is 0 Å². The Balaban J connectivity index is 1.99. The van der Waals surface area contributed by atoms with Crippen LogP contribution in [-0.4, -0.2) is 19.1 Å². The molecule has 0 atom stereocenters. The quantitative estimate of drug-likeness (QED) is 0.505. The van der Waals surface area contributed by atoms with E-state index < -0.39 is 0 Å². The normalized spacial score (nSPS) is 10.1. The third kappa shape index (κ3) is 5.06. The highest BCUT2D eigenvalue weighted by Gasteiger charge is 2.10. The highest BCUT2D eigenvalue weighted by Crippen LogP contribution is 2.32. The Morgan fingerprint density at radius 3 is 2.54 bits per heavy atom. The van der Waals surface area contributed by atoms with Gasteiger partial charge in [0.05, 0.1) is 33.0 Å². The van der Waals surface area contributed by atoms with Crippen LogP contribution < -0.4 is 15.4 Å². The second-order valence-corrected chi connectivity index (χ2v) is 5.97. The zero-order chi connectivity index (χ0) is 17.5. The van der Waals surface area contributed by atoms with Gasteiger partial charge in [-0.15, -0.1) is 0 Å². The van der Waals surface area contributed by atoms with E-state index >= 15 is 0 Å². The van der Waals surface area contributed by atoms with E-state index in [2.05, 4.69) is 17.2 Å². The maximum absolute atomic E-state index is 12.1. The summed E-state index contributed by atoms with van der Waals surface area (Å²) in [6, 6.07) is 10.3. The predicted molar refractivity (Wildman–Crippen MR) is 101 cm³/mol. The Bertz CT molecular complexity index is 751. The number of para-hydroxylation sites is 2. The molecule has 0 aliphatic carbocycles. The smallest absolute Gasteiger partial charge is 0.243 e. The highest BCUT2D eigenvalue weighted by atomic mass is 35.5. The Labute approximate surface area is 155 Å². The van der Waals surface area contributed by atoms with Crippen LogP contribution in [0.25, 0.3) is 0 Å². The molecule has 2 aromatic rings. The number of carbonyl (C=O) groups excluding carboxylic acids is 1. The molecule has 0 fully saturated rings. The fourth-order valence-electron chi connectivity index (χ4n) is 1.88. The summed E-state index contributed by atoms with van der Waals surface area (Å²) in [6.07, 6.45) is 1.65. The lowest BCUT2D eigenvalue weighted by atomic mass is 10.3. The fraction of sp³-hybridized carbons (Fsp3) is 0.118. The minimum atomic E-state index is -0.284. The van der Waals surface area contributed by atoms with E-state index in [-0.39, 0.29) is 12.5 Å². The lowest BCUT2D eigenvalue weighted by Crippen LogP contribution is -2.22. The number of hydrogen-bond donors (Lipinski definition) is 2. The Morgan fingerprint density at radius 2 is 1.79 bits per heavy atom. The van der Waals surface area contributed by atoms with Gasteiger partial charge in [0.25, 0.3) is 0 Å². The third-order valence-corrected chi connectivity index (χ3v) is 4.00. The molecular formula is C17H15Cl3N2O2. The van der Waals surface area contributed by atoms with Crippen LogP contribution in [0.5, 0.6) is 5.75 Å². The van der Waals surface area contributed by atoms with Gasteiger partial charge >= 0.3 is 0 Å². The molecule has 2 aromatic carbocycles. The number of benzene rings is 2. The van der Waals surface area contributed by atoms with Crippen LogP contribution in [0.3, 0.4) is 0 Å². The van der Waals surface area contributed by atoms with E-state index in [1.807, 2.05) is 18.2 Å². The summed E-state index contributed by atoms with van der Waals surface area (Å²) < 4.78 is 5.52. The molecule has 0 aliphatic heterocycles. The first kappa shape index (κ1) is 18.5. The topological polar surface area (TPSA) is 50.4 Å². The summed E-state index contributed by atoms with van der Waals surface area (Å²) in [5.74, 6) is 0.353. The van der Waals surface area contributed by atoms with Crippen molar-refractivity contribution in [2.75, 3.05) is 23.8 Å². The van der Waals surface area contributed by atoms with Crippen molar-refractivity contribution in [1.82, 2.24) is 0 Å². The van der Waals surface area contributed by atoms with Gasteiger partial charge < -0.3 is 15.4 Å². The van der Waals surface area contributed by atoms with Crippen molar-refractivity contribution in [3.8, 4) is 5.75 Å². The van der Waals surface area contributed by atoms with Gasteiger partial charge in [0.1, 0.15) is 12.4 Å². The summed E-state index contributed by atoms with van der Waals surface area (Å²) in [7, 11) is 0. The number of nitrogens with one attached hydrogen (secondary N) is 2. The van der Waals surface area contributed by atoms with Crippen molar-refractivity contribution in [3.05, 3.63) is 64.1 Å². The first-order valence-electron chi connectivity index (χ1n) is 7.02. The van der Waals surface area contributed by atoms with Gasteiger partial charge in [-0.3, -0.25) is 4.79 Å². The van der Waals surface area contributed by atoms with Gasteiger partial charge in [-0.1, -0.05) is 59.6 Å². The van der Waals surface area contributed by atoms with Crippen LogP contribution in [0.4, 0.5) is 11.4 Å². The molecule has 0 saturated carbocycles. The molecule has 7 heteroatoms. The Morgan fingerprint density at radius 1 is 1.08 bits per heavy atom. The first-order chi connectivity index (χ1) is 11.5. The molecule has 0 spiro atoms. The van der Waals surface area contributed by atoms with E-state index in [1.54, 1.807) is 12.1 Å². The van der Waals surface area contributed by atoms with E-state index in [0.29, 0.717) is 38.8 Å². The van der Waals surface area contributed by atoms with Crippen LogP contribution in [0, 0.1) is 0 Å². The minimum Gasteiger partial charge on any atom is -0.487 e. The summed E-state index contributed by atoms with van der Waals surface area (Å²) >= 11 is 17.8. The molecule has 0 radical (unpaired) electrons. The van der Waals surface area contributed by atoms with Crippen molar-refractivity contribution < 1.29 is 9.53 Å². The molecule has 0 bridgehead atoms. The lowest BCUT2D eigenvalue weighted by molar-refractivity contribution is -0.114. The lowest BCUT2D eigenvalue weighted by Gasteiger charge is -2.13. The van der Waals surface area contributed by atoms with Crippen LogP contribution in [0.15, 0.2) is 49.1 Å². The fourth-order valence-corrected chi connectivity index (χ4v) is 2.47. The number of anilines is 2. The molecule has 24 heavy (non-hydrogen) atoms. The van der Waals surface area contributed by atoms with Gasteiger partial charge in [0, 0.05) is 0 Å². The van der Waals surface area contributed by atoms with Gasteiger partial charge in [0.15, 0.2) is 0 Å². The van der Waals surface area contributed by atoms with Gasteiger partial charge in [0.2, 0.25) is 5.91 Å². The van der Waals surface area contributed by atoms with Crippen LogP contribution >= 0.6 is 34.8 Å². The molecule has 4 nitrogen and oxygen atoms in total. The summed E-state index contributed by atoms with van der Waals surface area (Å²) in [5, 5.41) is 6.64.